The van der Waals surface area contributed by atoms with Crippen molar-refractivity contribution < 1.29 is 9.84 Å². The van der Waals surface area contributed by atoms with E-state index in [2.05, 4.69) is 29.6 Å². The molecule has 1 saturated heterocycles. The quantitative estimate of drug-likeness (QED) is 0.905. The van der Waals surface area contributed by atoms with E-state index in [1.165, 1.54) is 15.6 Å². The SMILES string of the molecule is OC(Cc1csc2ccccc12)C1CCOC1. The third-order valence-electron chi connectivity index (χ3n) is 3.50. The summed E-state index contributed by atoms with van der Waals surface area (Å²) in [5.74, 6) is 0.314. The van der Waals surface area contributed by atoms with E-state index in [1.807, 2.05) is 0 Å². The fourth-order valence-corrected chi connectivity index (χ4v) is 3.41. The first-order valence-corrected chi connectivity index (χ1v) is 6.93. The number of benzene rings is 1. The number of fused-ring (bicyclic) bond motifs is 1. The van der Waals surface area contributed by atoms with E-state index in [-0.39, 0.29) is 6.10 Å². The highest BCUT2D eigenvalue weighted by Crippen LogP contribution is 2.28. The normalized spacial score (nSPS) is 22.1. The molecule has 17 heavy (non-hydrogen) atoms. The molecule has 0 aliphatic carbocycles. The highest BCUT2D eigenvalue weighted by molar-refractivity contribution is 7.17. The molecule has 1 N–H and O–H groups in total. The highest BCUT2D eigenvalue weighted by Gasteiger charge is 2.24. The molecular weight excluding hydrogens is 232 g/mol. The summed E-state index contributed by atoms with van der Waals surface area (Å²) in [5.41, 5.74) is 1.27. The average Bonchev–Trinajstić information content (AvgIpc) is 2.98. The van der Waals surface area contributed by atoms with Crippen molar-refractivity contribution in [2.45, 2.75) is 18.9 Å². The van der Waals surface area contributed by atoms with Crippen molar-refractivity contribution in [2.24, 2.45) is 5.92 Å². The van der Waals surface area contributed by atoms with Crippen molar-refractivity contribution in [1.29, 1.82) is 0 Å². The summed E-state index contributed by atoms with van der Waals surface area (Å²) < 4.78 is 6.63. The smallest absolute Gasteiger partial charge is 0.0632 e. The Labute approximate surface area is 105 Å². The molecule has 2 nitrogen and oxygen atoms in total. The highest BCUT2D eigenvalue weighted by atomic mass is 32.1. The molecule has 1 aliphatic rings. The van der Waals surface area contributed by atoms with Crippen LogP contribution in [-0.4, -0.2) is 24.4 Å². The fraction of sp³-hybridized carbons (Fsp3) is 0.429. The summed E-state index contributed by atoms with van der Waals surface area (Å²) in [6.07, 6.45) is 1.47. The maximum Gasteiger partial charge on any atom is 0.0632 e. The van der Waals surface area contributed by atoms with Gasteiger partial charge in [0.25, 0.3) is 0 Å². The van der Waals surface area contributed by atoms with Crippen LogP contribution in [0.3, 0.4) is 0 Å². The molecule has 90 valence electrons. The minimum atomic E-state index is -0.268. The zero-order valence-electron chi connectivity index (χ0n) is 9.63. The Balaban J connectivity index is 1.80. The monoisotopic (exact) mass is 248 g/mol. The topological polar surface area (TPSA) is 29.5 Å². The van der Waals surface area contributed by atoms with Crippen molar-refractivity contribution in [3.05, 3.63) is 35.2 Å². The summed E-state index contributed by atoms with van der Waals surface area (Å²) in [6.45, 7) is 1.51. The summed E-state index contributed by atoms with van der Waals surface area (Å²) in [6, 6.07) is 8.39. The number of aliphatic hydroxyl groups excluding tert-OH is 1. The Kier molecular flexibility index (Phi) is 3.14. The van der Waals surface area contributed by atoms with Gasteiger partial charge in [-0.15, -0.1) is 11.3 Å². The van der Waals surface area contributed by atoms with Crippen LogP contribution >= 0.6 is 11.3 Å². The molecule has 2 aromatic rings. The summed E-state index contributed by atoms with van der Waals surface area (Å²) in [5, 5.41) is 13.7. The Bertz CT molecular complexity index is 500. The summed E-state index contributed by atoms with van der Waals surface area (Å²) >= 11 is 1.76. The average molecular weight is 248 g/mol. The van der Waals surface area contributed by atoms with Gasteiger partial charge in [-0.2, -0.15) is 0 Å². The van der Waals surface area contributed by atoms with Gasteiger partial charge in [-0.1, -0.05) is 18.2 Å². The first kappa shape index (κ1) is 11.2. The van der Waals surface area contributed by atoms with E-state index in [4.69, 9.17) is 4.74 Å². The van der Waals surface area contributed by atoms with Crippen molar-refractivity contribution in [1.82, 2.24) is 0 Å². The van der Waals surface area contributed by atoms with E-state index in [0.717, 1.165) is 19.4 Å². The molecule has 1 aliphatic heterocycles. The minimum Gasteiger partial charge on any atom is -0.392 e. The van der Waals surface area contributed by atoms with Crippen LogP contribution in [0, 0.1) is 5.92 Å². The van der Waals surface area contributed by atoms with E-state index in [9.17, 15) is 5.11 Å². The molecule has 3 heteroatoms. The van der Waals surface area contributed by atoms with Crippen molar-refractivity contribution >= 4 is 21.4 Å². The lowest BCUT2D eigenvalue weighted by atomic mass is 9.95. The second-order valence-corrected chi connectivity index (χ2v) is 5.56. The second kappa shape index (κ2) is 4.77. The predicted molar refractivity (Wildman–Crippen MR) is 70.5 cm³/mol. The van der Waals surface area contributed by atoms with Crippen LogP contribution in [-0.2, 0) is 11.2 Å². The zero-order valence-corrected chi connectivity index (χ0v) is 10.5. The van der Waals surface area contributed by atoms with Crippen LogP contribution in [0.4, 0.5) is 0 Å². The lowest BCUT2D eigenvalue weighted by Crippen LogP contribution is -2.22. The Morgan fingerprint density at radius 3 is 3.12 bits per heavy atom. The Morgan fingerprint density at radius 2 is 2.29 bits per heavy atom. The maximum absolute atomic E-state index is 10.2. The van der Waals surface area contributed by atoms with Gasteiger partial charge in [0.1, 0.15) is 0 Å². The summed E-state index contributed by atoms with van der Waals surface area (Å²) in [7, 11) is 0. The van der Waals surface area contributed by atoms with Crippen molar-refractivity contribution in [3.8, 4) is 0 Å². The van der Waals surface area contributed by atoms with Gasteiger partial charge in [0.15, 0.2) is 0 Å². The standard InChI is InChI=1S/C14H16O2S/c15-13(10-5-6-16-8-10)7-11-9-17-14-4-2-1-3-12(11)14/h1-4,9-10,13,15H,5-8H2. The van der Waals surface area contributed by atoms with Gasteiger partial charge in [-0.25, -0.2) is 0 Å². The van der Waals surface area contributed by atoms with Crippen molar-refractivity contribution in [3.63, 3.8) is 0 Å². The summed E-state index contributed by atoms with van der Waals surface area (Å²) in [4.78, 5) is 0. The molecule has 1 aromatic heterocycles. The maximum atomic E-state index is 10.2. The lowest BCUT2D eigenvalue weighted by molar-refractivity contribution is 0.0922. The molecule has 0 bridgehead atoms. The molecule has 2 atom stereocenters. The van der Waals surface area contributed by atoms with Gasteiger partial charge in [-0.3, -0.25) is 0 Å². The molecule has 0 saturated carbocycles. The largest absolute Gasteiger partial charge is 0.392 e. The van der Waals surface area contributed by atoms with Gasteiger partial charge >= 0.3 is 0 Å². The number of hydrogen-bond acceptors (Lipinski definition) is 3. The number of rotatable bonds is 3. The second-order valence-electron chi connectivity index (χ2n) is 4.65. The predicted octanol–water partition coefficient (Wildman–Crippen LogP) is 2.84. The van der Waals surface area contributed by atoms with E-state index < -0.39 is 0 Å². The third kappa shape index (κ3) is 2.23. The number of aliphatic hydroxyl groups is 1. The molecule has 2 unspecified atom stereocenters. The van der Waals surface area contributed by atoms with Crippen LogP contribution in [0.1, 0.15) is 12.0 Å². The molecule has 0 radical (unpaired) electrons. The van der Waals surface area contributed by atoms with Gasteiger partial charge in [0.05, 0.1) is 12.7 Å². The first-order chi connectivity index (χ1) is 8.34. The Hall–Kier alpha value is -0.900. The first-order valence-electron chi connectivity index (χ1n) is 6.05. The van der Waals surface area contributed by atoms with Crippen LogP contribution in [0.5, 0.6) is 0 Å². The van der Waals surface area contributed by atoms with Crippen LogP contribution < -0.4 is 0 Å². The third-order valence-corrected chi connectivity index (χ3v) is 4.51. The van der Waals surface area contributed by atoms with E-state index in [0.29, 0.717) is 12.5 Å². The van der Waals surface area contributed by atoms with Crippen molar-refractivity contribution in [2.75, 3.05) is 13.2 Å². The number of ether oxygens (including phenoxy) is 1. The molecule has 1 fully saturated rings. The minimum absolute atomic E-state index is 0.268. The molecule has 0 amide bonds. The van der Waals surface area contributed by atoms with Gasteiger partial charge in [0.2, 0.25) is 0 Å². The molecule has 1 aromatic carbocycles. The fourth-order valence-electron chi connectivity index (χ4n) is 2.44. The van der Waals surface area contributed by atoms with E-state index >= 15 is 0 Å². The van der Waals surface area contributed by atoms with E-state index in [1.54, 1.807) is 11.3 Å². The molecule has 3 rings (SSSR count). The van der Waals surface area contributed by atoms with Crippen LogP contribution in [0.2, 0.25) is 0 Å². The zero-order chi connectivity index (χ0) is 11.7. The van der Waals surface area contributed by atoms with Gasteiger partial charge < -0.3 is 9.84 Å². The molecule has 2 heterocycles. The Morgan fingerprint density at radius 1 is 1.41 bits per heavy atom. The van der Waals surface area contributed by atoms with Gasteiger partial charge in [-0.05, 0) is 28.8 Å². The van der Waals surface area contributed by atoms with Gasteiger partial charge in [0, 0.05) is 23.6 Å². The number of thiophene rings is 1. The lowest BCUT2D eigenvalue weighted by Gasteiger charge is -2.15. The van der Waals surface area contributed by atoms with Crippen LogP contribution in [0.15, 0.2) is 29.6 Å². The molecule has 0 spiro atoms. The number of hydrogen-bond donors (Lipinski definition) is 1. The molecular formula is C14H16O2S. The van der Waals surface area contributed by atoms with Crippen LogP contribution in [0.25, 0.3) is 10.1 Å².